The number of hydrogen-bond acceptors (Lipinski definition) is 2. The Labute approximate surface area is 90.7 Å². The molecule has 0 aromatic carbocycles. The minimum absolute atomic E-state index is 0.613. The molecule has 2 saturated carbocycles. The Hall–Kier alpha value is -0.830. The number of nitrogens with two attached hydrogens (primary N) is 1. The number of aromatic nitrogens is 2. The van der Waals surface area contributed by atoms with Crippen molar-refractivity contribution in [3.63, 3.8) is 0 Å². The fourth-order valence-corrected chi connectivity index (χ4v) is 2.64. The molecule has 0 unspecified atom stereocenters. The van der Waals surface area contributed by atoms with Crippen LogP contribution >= 0.6 is 0 Å². The summed E-state index contributed by atoms with van der Waals surface area (Å²) in [7, 11) is 0. The van der Waals surface area contributed by atoms with Crippen molar-refractivity contribution < 1.29 is 0 Å². The van der Waals surface area contributed by atoms with Crippen molar-refractivity contribution in [2.75, 3.05) is 0 Å². The van der Waals surface area contributed by atoms with Gasteiger partial charge in [0, 0.05) is 19.3 Å². The molecule has 0 aliphatic heterocycles. The van der Waals surface area contributed by atoms with Gasteiger partial charge in [-0.1, -0.05) is 0 Å². The summed E-state index contributed by atoms with van der Waals surface area (Å²) >= 11 is 0. The van der Waals surface area contributed by atoms with Crippen LogP contribution in [0, 0.1) is 17.8 Å². The third-order valence-corrected chi connectivity index (χ3v) is 3.87. The lowest BCUT2D eigenvalue weighted by atomic mass is 9.98. The van der Waals surface area contributed by atoms with Gasteiger partial charge in [-0.2, -0.15) is 0 Å². The highest BCUT2D eigenvalue weighted by molar-refractivity contribution is 5.00. The van der Waals surface area contributed by atoms with Crippen LogP contribution in [-0.4, -0.2) is 9.55 Å². The van der Waals surface area contributed by atoms with Gasteiger partial charge in [0.15, 0.2) is 0 Å². The Bertz CT molecular complexity index is 324. The second-order valence-corrected chi connectivity index (χ2v) is 5.08. The Kier molecular flexibility index (Phi) is 2.28. The van der Waals surface area contributed by atoms with Crippen molar-refractivity contribution in [1.29, 1.82) is 0 Å². The fourth-order valence-electron chi connectivity index (χ4n) is 2.64. The third kappa shape index (κ3) is 1.93. The van der Waals surface area contributed by atoms with Crippen molar-refractivity contribution in [2.24, 2.45) is 23.5 Å². The summed E-state index contributed by atoms with van der Waals surface area (Å²) < 4.78 is 2.27. The minimum atomic E-state index is 0.613. The Morgan fingerprint density at radius 1 is 1.33 bits per heavy atom. The van der Waals surface area contributed by atoms with Crippen LogP contribution in [0.25, 0.3) is 0 Å². The molecule has 2 fully saturated rings. The molecule has 2 aliphatic rings. The van der Waals surface area contributed by atoms with Crippen LogP contribution < -0.4 is 5.73 Å². The van der Waals surface area contributed by atoms with E-state index in [2.05, 4.69) is 9.55 Å². The normalized spacial score (nSPS) is 21.2. The van der Waals surface area contributed by atoms with Gasteiger partial charge in [-0.25, -0.2) is 4.98 Å². The minimum Gasteiger partial charge on any atom is -0.333 e. The lowest BCUT2D eigenvalue weighted by molar-refractivity contribution is 0.345. The van der Waals surface area contributed by atoms with E-state index < -0.39 is 0 Å². The van der Waals surface area contributed by atoms with Crippen molar-refractivity contribution in [1.82, 2.24) is 9.55 Å². The van der Waals surface area contributed by atoms with Crippen LogP contribution in [0.15, 0.2) is 12.5 Å². The van der Waals surface area contributed by atoms with Crippen molar-refractivity contribution in [3.8, 4) is 0 Å². The standard InChI is InChI=1S/C12H19N3/c13-5-11-6-14-8-15(11)7-12(9-1-2-9)10-3-4-10/h6,8-10,12H,1-5,7,13H2. The lowest BCUT2D eigenvalue weighted by Gasteiger charge is -2.17. The van der Waals surface area contributed by atoms with Crippen molar-refractivity contribution in [3.05, 3.63) is 18.2 Å². The Morgan fingerprint density at radius 2 is 2.00 bits per heavy atom. The van der Waals surface area contributed by atoms with Gasteiger partial charge >= 0.3 is 0 Å². The molecule has 2 aliphatic carbocycles. The molecule has 1 aromatic rings. The number of imidazole rings is 1. The molecule has 2 N–H and O–H groups in total. The van der Waals surface area contributed by atoms with Crippen LogP contribution in [0.4, 0.5) is 0 Å². The first kappa shape index (κ1) is 9.40. The van der Waals surface area contributed by atoms with Crippen LogP contribution in [0.5, 0.6) is 0 Å². The van der Waals surface area contributed by atoms with E-state index >= 15 is 0 Å². The van der Waals surface area contributed by atoms with Crippen LogP contribution in [0.1, 0.15) is 31.4 Å². The third-order valence-electron chi connectivity index (χ3n) is 3.87. The molecule has 15 heavy (non-hydrogen) atoms. The van der Waals surface area contributed by atoms with Gasteiger partial charge in [0.2, 0.25) is 0 Å². The first-order valence-corrected chi connectivity index (χ1v) is 6.07. The maximum atomic E-state index is 5.69. The Balaban J connectivity index is 1.71. The second kappa shape index (κ2) is 3.63. The SMILES string of the molecule is NCc1cncn1CC(C1CC1)C1CC1. The molecule has 0 saturated heterocycles. The summed E-state index contributed by atoms with van der Waals surface area (Å²) in [6.45, 7) is 1.77. The molecule has 1 heterocycles. The predicted molar refractivity (Wildman–Crippen MR) is 59.1 cm³/mol. The zero-order valence-electron chi connectivity index (χ0n) is 9.10. The van der Waals surface area contributed by atoms with Crippen LogP contribution in [0.2, 0.25) is 0 Å². The van der Waals surface area contributed by atoms with E-state index in [1.807, 2.05) is 12.5 Å². The van der Waals surface area contributed by atoms with E-state index in [-0.39, 0.29) is 0 Å². The van der Waals surface area contributed by atoms with Gasteiger partial charge in [-0.05, 0) is 43.4 Å². The summed E-state index contributed by atoms with van der Waals surface area (Å²) in [5.74, 6) is 2.92. The summed E-state index contributed by atoms with van der Waals surface area (Å²) in [6, 6.07) is 0. The first-order chi connectivity index (χ1) is 7.38. The maximum absolute atomic E-state index is 5.69. The van der Waals surface area contributed by atoms with E-state index in [0.29, 0.717) is 6.54 Å². The molecule has 3 nitrogen and oxygen atoms in total. The largest absolute Gasteiger partial charge is 0.333 e. The molecular formula is C12H19N3. The topological polar surface area (TPSA) is 43.8 Å². The summed E-state index contributed by atoms with van der Waals surface area (Å²) in [5, 5.41) is 0. The van der Waals surface area contributed by atoms with Gasteiger partial charge in [-0.15, -0.1) is 0 Å². The number of rotatable bonds is 5. The summed E-state index contributed by atoms with van der Waals surface area (Å²) in [6.07, 6.45) is 9.65. The molecule has 0 bridgehead atoms. The molecule has 0 atom stereocenters. The monoisotopic (exact) mass is 205 g/mol. The van der Waals surface area contributed by atoms with Gasteiger partial charge in [0.05, 0.1) is 12.0 Å². The summed E-state index contributed by atoms with van der Waals surface area (Å²) in [5.41, 5.74) is 6.88. The van der Waals surface area contributed by atoms with E-state index in [0.717, 1.165) is 24.3 Å². The number of nitrogens with zero attached hydrogens (tertiary/aromatic N) is 2. The van der Waals surface area contributed by atoms with Gasteiger partial charge in [-0.3, -0.25) is 0 Å². The smallest absolute Gasteiger partial charge is 0.0948 e. The van der Waals surface area contributed by atoms with E-state index in [1.165, 1.54) is 31.4 Å². The van der Waals surface area contributed by atoms with Gasteiger partial charge in [0.1, 0.15) is 0 Å². The fraction of sp³-hybridized carbons (Fsp3) is 0.750. The van der Waals surface area contributed by atoms with Gasteiger partial charge < -0.3 is 10.3 Å². The molecule has 0 radical (unpaired) electrons. The van der Waals surface area contributed by atoms with Crippen molar-refractivity contribution in [2.45, 2.75) is 38.8 Å². The van der Waals surface area contributed by atoms with Crippen LogP contribution in [-0.2, 0) is 13.1 Å². The maximum Gasteiger partial charge on any atom is 0.0948 e. The summed E-state index contributed by atoms with van der Waals surface area (Å²) in [4.78, 5) is 4.19. The average molecular weight is 205 g/mol. The van der Waals surface area contributed by atoms with E-state index in [4.69, 9.17) is 5.73 Å². The molecule has 0 spiro atoms. The molecule has 0 amide bonds. The Morgan fingerprint density at radius 3 is 2.53 bits per heavy atom. The first-order valence-electron chi connectivity index (χ1n) is 6.07. The zero-order valence-corrected chi connectivity index (χ0v) is 9.10. The molecular weight excluding hydrogens is 186 g/mol. The van der Waals surface area contributed by atoms with E-state index in [1.54, 1.807) is 0 Å². The second-order valence-electron chi connectivity index (χ2n) is 5.08. The zero-order chi connectivity index (χ0) is 10.3. The quantitative estimate of drug-likeness (QED) is 0.796. The lowest BCUT2D eigenvalue weighted by Crippen LogP contribution is -2.17. The molecule has 3 heteroatoms. The number of hydrogen-bond donors (Lipinski definition) is 1. The molecule has 1 aromatic heterocycles. The highest BCUT2D eigenvalue weighted by Crippen LogP contribution is 2.49. The molecule has 3 rings (SSSR count). The van der Waals surface area contributed by atoms with Crippen LogP contribution in [0.3, 0.4) is 0 Å². The van der Waals surface area contributed by atoms with Crippen molar-refractivity contribution >= 4 is 0 Å². The highest BCUT2D eigenvalue weighted by Gasteiger charge is 2.41. The van der Waals surface area contributed by atoms with Gasteiger partial charge in [0.25, 0.3) is 0 Å². The highest BCUT2D eigenvalue weighted by atomic mass is 15.1. The molecule has 82 valence electrons. The average Bonchev–Trinajstić information content (AvgIpc) is 3.14. The van der Waals surface area contributed by atoms with E-state index in [9.17, 15) is 0 Å². The predicted octanol–water partition coefficient (Wildman–Crippen LogP) is 1.78.